The summed E-state index contributed by atoms with van der Waals surface area (Å²) in [7, 11) is 1.75. The van der Waals surface area contributed by atoms with Gasteiger partial charge >= 0.3 is 0 Å². The predicted molar refractivity (Wildman–Crippen MR) is 106 cm³/mol. The molecule has 2 heterocycles. The highest BCUT2D eigenvalue weighted by atomic mass is 79.9. The molecule has 3 rings (SSSR count). The minimum Gasteiger partial charge on any atom is -0.444 e. The molecule has 0 radical (unpaired) electrons. The van der Waals surface area contributed by atoms with Crippen LogP contribution in [0.5, 0.6) is 0 Å². The number of nitrogens with zero attached hydrogens (tertiary/aromatic N) is 2. The highest BCUT2D eigenvalue weighted by Gasteiger charge is 2.07. The maximum Gasteiger partial charge on any atom is 0.226 e. The Hall–Kier alpha value is -2.12. The zero-order valence-electron chi connectivity index (χ0n) is 14.0. The Labute approximate surface area is 159 Å². The molecule has 0 saturated heterocycles. The Morgan fingerprint density at radius 2 is 2.00 bits per heavy atom. The number of hydrogen-bond acceptors (Lipinski definition) is 4. The van der Waals surface area contributed by atoms with Crippen LogP contribution in [0, 0.1) is 6.92 Å². The van der Waals surface area contributed by atoms with Crippen molar-refractivity contribution in [3.63, 3.8) is 0 Å². The summed E-state index contributed by atoms with van der Waals surface area (Å²) in [5.74, 6) is 1.35. The lowest BCUT2D eigenvalue weighted by atomic mass is 10.1. The van der Waals surface area contributed by atoms with Gasteiger partial charge in [-0.15, -0.1) is 11.3 Å². The van der Waals surface area contributed by atoms with Crippen molar-refractivity contribution < 1.29 is 4.42 Å². The first-order valence-corrected chi connectivity index (χ1v) is 9.50. The molecule has 0 unspecified atom stereocenters. The summed E-state index contributed by atoms with van der Waals surface area (Å²) in [4.78, 5) is 9.98. The number of aromatic nitrogens is 1. The fourth-order valence-corrected chi connectivity index (χ4v) is 3.62. The van der Waals surface area contributed by atoms with E-state index >= 15 is 0 Å². The van der Waals surface area contributed by atoms with E-state index in [-0.39, 0.29) is 0 Å². The van der Waals surface area contributed by atoms with E-state index in [9.17, 15) is 0 Å². The van der Waals surface area contributed by atoms with Gasteiger partial charge in [0.15, 0.2) is 5.96 Å². The van der Waals surface area contributed by atoms with Gasteiger partial charge in [-0.05, 0) is 41.1 Å². The molecule has 5 nitrogen and oxygen atoms in total. The van der Waals surface area contributed by atoms with Crippen molar-refractivity contribution in [2.24, 2.45) is 4.99 Å². The van der Waals surface area contributed by atoms with Crippen LogP contribution in [0.4, 0.5) is 0 Å². The average molecular weight is 419 g/mol. The standard InChI is InChI=1S/C18H19BrN4OS/c1-12-3-5-13(6-4-12)17-23-15(10-24-17)8-21-18(20-2)22-9-16-7-14(19)11-25-16/h3-7,10-11H,8-9H2,1-2H3,(H2,20,21,22). The summed E-state index contributed by atoms with van der Waals surface area (Å²) in [5, 5.41) is 8.59. The number of aryl methyl sites for hydroxylation is 1. The molecule has 1 aromatic carbocycles. The summed E-state index contributed by atoms with van der Waals surface area (Å²) < 4.78 is 6.67. The first-order chi connectivity index (χ1) is 12.1. The van der Waals surface area contributed by atoms with Crippen LogP contribution >= 0.6 is 27.3 Å². The lowest BCUT2D eigenvalue weighted by Crippen LogP contribution is -2.36. The maximum absolute atomic E-state index is 5.57. The summed E-state index contributed by atoms with van der Waals surface area (Å²) in [6.07, 6.45) is 1.67. The van der Waals surface area contributed by atoms with Crippen LogP contribution in [0.3, 0.4) is 0 Å². The second-order valence-corrected chi connectivity index (χ2v) is 7.43. The maximum atomic E-state index is 5.57. The van der Waals surface area contributed by atoms with E-state index in [1.54, 1.807) is 24.6 Å². The summed E-state index contributed by atoms with van der Waals surface area (Å²) in [5.41, 5.74) is 3.02. The minimum absolute atomic E-state index is 0.545. The van der Waals surface area contributed by atoms with Gasteiger partial charge in [0.2, 0.25) is 5.89 Å². The third-order valence-electron chi connectivity index (χ3n) is 3.56. The molecular formula is C18H19BrN4OS. The first-order valence-electron chi connectivity index (χ1n) is 7.83. The van der Waals surface area contributed by atoms with Crippen LogP contribution in [0.15, 0.2) is 55.9 Å². The van der Waals surface area contributed by atoms with Crippen molar-refractivity contribution in [3.05, 3.63) is 62.6 Å². The molecule has 0 atom stereocenters. The van der Waals surface area contributed by atoms with E-state index in [0.29, 0.717) is 12.4 Å². The molecule has 0 saturated carbocycles. The smallest absolute Gasteiger partial charge is 0.226 e. The SMILES string of the molecule is CN=C(NCc1coc(-c2ccc(C)cc2)n1)NCc1cc(Br)cs1. The Morgan fingerprint density at radius 1 is 1.24 bits per heavy atom. The zero-order valence-corrected chi connectivity index (χ0v) is 16.4. The Balaban J connectivity index is 1.54. The van der Waals surface area contributed by atoms with Gasteiger partial charge in [0, 0.05) is 27.3 Å². The van der Waals surface area contributed by atoms with Crippen LogP contribution in [0.25, 0.3) is 11.5 Å². The number of thiophene rings is 1. The van der Waals surface area contributed by atoms with Crippen LogP contribution in [-0.4, -0.2) is 18.0 Å². The number of oxazole rings is 1. The second kappa shape index (κ2) is 8.31. The van der Waals surface area contributed by atoms with Crippen LogP contribution < -0.4 is 10.6 Å². The van der Waals surface area contributed by atoms with Gasteiger partial charge in [0.05, 0.1) is 18.8 Å². The Morgan fingerprint density at radius 3 is 2.68 bits per heavy atom. The molecule has 0 amide bonds. The lowest BCUT2D eigenvalue weighted by Gasteiger charge is -2.09. The molecule has 0 fully saturated rings. The fourth-order valence-electron chi connectivity index (χ4n) is 2.23. The molecule has 0 bridgehead atoms. The second-order valence-electron chi connectivity index (χ2n) is 5.52. The summed E-state index contributed by atoms with van der Waals surface area (Å²) >= 11 is 5.16. The third kappa shape index (κ3) is 4.93. The van der Waals surface area contributed by atoms with Crippen molar-refractivity contribution in [1.82, 2.24) is 15.6 Å². The largest absolute Gasteiger partial charge is 0.444 e. The molecule has 0 spiro atoms. The molecule has 7 heteroatoms. The number of nitrogens with one attached hydrogen (secondary N) is 2. The highest BCUT2D eigenvalue weighted by molar-refractivity contribution is 9.10. The number of aliphatic imine (C=N–C) groups is 1. The third-order valence-corrected chi connectivity index (χ3v) is 5.26. The van der Waals surface area contributed by atoms with Gasteiger partial charge < -0.3 is 15.1 Å². The van der Waals surface area contributed by atoms with Crippen molar-refractivity contribution in [2.45, 2.75) is 20.0 Å². The first kappa shape index (κ1) is 17.7. The number of guanidine groups is 1. The van der Waals surface area contributed by atoms with E-state index < -0.39 is 0 Å². The number of rotatable bonds is 5. The molecule has 0 aliphatic rings. The number of hydrogen-bond donors (Lipinski definition) is 2. The Kier molecular flexibility index (Phi) is 5.88. The van der Waals surface area contributed by atoms with Crippen LogP contribution in [-0.2, 0) is 13.1 Å². The monoisotopic (exact) mass is 418 g/mol. The zero-order chi connectivity index (χ0) is 17.6. The van der Waals surface area contributed by atoms with Gasteiger partial charge in [0.25, 0.3) is 0 Å². The van der Waals surface area contributed by atoms with Gasteiger partial charge in [-0.3, -0.25) is 4.99 Å². The van der Waals surface area contributed by atoms with E-state index in [1.165, 1.54) is 10.4 Å². The number of benzene rings is 1. The van der Waals surface area contributed by atoms with E-state index in [4.69, 9.17) is 4.42 Å². The van der Waals surface area contributed by atoms with Crippen molar-refractivity contribution in [2.75, 3.05) is 7.05 Å². The van der Waals surface area contributed by atoms with E-state index in [0.717, 1.165) is 28.2 Å². The highest BCUT2D eigenvalue weighted by Crippen LogP contribution is 2.20. The molecule has 130 valence electrons. The van der Waals surface area contributed by atoms with Gasteiger partial charge in [-0.2, -0.15) is 0 Å². The van der Waals surface area contributed by atoms with Crippen molar-refractivity contribution >= 4 is 33.2 Å². The molecule has 3 aromatic rings. The average Bonchev–Trinajstić information content (AvgIpc) is 3.25. The topological polar surface area (TPSA) is 62.5 Å². The predicted octanol–water partition coefficient (Wildman–Crippen LogP) is 4.34. The normalized spacial score (nSPS) is 11.6. The van der Waals surface area contributed by atoms with Crippen molar-refractivity contribution in [1.29, 1.82) is 0 Å². The molecule has 25 heavy (non-hydrogen) atoms. The van der Waals surface area contributed by atoms with Gasteiger partial charge in [0.1, 0.15) is 6.26 Å². The van der Waals surface area contributed by atoms with Crippen LogP contribution in [0.2, 0.25) is 0 Å². The van der Waals surface area contributed by atoms with Crippen molar-refractivity contribution in [3.8, 4) is 11.5 Å². The van der Waals surface area contributed by atoms with E-state index in [2.05, 4.69) is 54.9 Å². The molecule has 2 aromatic heterocycles. The minimum atomic E-state index is 0.545. The fraction of sp³-hybridized carbons (Fsp3) is 0.222. The van der Waals surface area contributed by atoms with E-state index in [1.807, 2.05) is 24.3 Å². The van der Waals surface area contributed by atoms with Crippen LogP contribution in [0.1, 0.15) is 16.1 Å². The summed E-state index contributed by atoms with van der Waals surface area (Å²) in [6, 6.07) is 10.2. The number of halogens is 1. The summed E-state index contributed by atoms with van der Waals surface area (Å²) in [6.45, 7) is 3.33. The Bertz CT molecular complexity index is 854. The van der Waals surface area contributed by atoms with Gasteiger partial charge in [-0.25, -0.2) is 4.98 Å². The lowest BCUT2D eigenvalue weighted by molar-refractivity contribution is 0.572. The van der Waals surface area contributed by atoms with Gasteiger partial charge in [-0.1, -0.05) is 17.7 Å². The molecular weight excluding hydrogens is 400 g/mol. The molecule has 2 N–H and O–H groups in total. The molecule has 0 aliphatic carbocycles. The molecule has 0 aliphatic heterocycles. The quantitative estimate of drug-likeness (QED) is 0.477.